The number of aromatic nitrogens is 1. The highest BCUT2D eigenvalue weighted by molar-refractivity contribution is 6.35. The summed E-state index contributed by atoms with van der Waals surface area (Å²) in [5.74, 6) is -0.341. The van der Waals surface area contributed by atoms with Crippen LogP contribution < -0.4 is 10.6 Å². The van der Waals surface area contributed by atoms with Crippen LogP contribution in [0.1, 0.15) is 10.5 Å². The molecule has 0 saturated carbocycles. The number of halogens is 2. The number of benzene rings is 1. The van der Waals surface area contributed by atoms with Crippen LogP contribution in [-0.2, 0) is 0 Å². The summed E-state index contributed by atoms with van der Waals surface area (Å²) in [7, 11) is 1.78. The highest BCUT2D eigenvalue weighted by atomic mass is 35.5. The van der Waals surface area contributed by atoms with Crippen molar-refractivity contribution in [1.82, 2.24) is 4.98 Å². The molecule has 2 aromatic rings. The van der Waals surface area contributed by atoms with Gasteiger partial charge in [-0.2, -0.15) is 0 Å². The summed E-state index contributed by atoms with van der Waals surface area (Å²) in [5, 5.41) is 6.51. The minimum atomic E-state index is -0.341. The van der Waals surface area contributed by atoms with Gasteiger partial charge in [0.25, 0.3) is 5.91 Å². The fraction of sp³-hybridized carbons (Fsp3) is 0.0769. The quantitative estimate of drug-likeness (QED) is 0.908. The van der Waals surface area contributed by atoms with E-state index in [0.29, 0.717) is 21.4 Å². The maximum atomic E-state index is 12.0. The average molecular weight is 296 g/mol. The second-order valence-corrected chi connectivity index (χ2v) is 4.60. The van der Waals surface area contributed by atoms with Gasteiger partial charge in [0.2, 0.25) is 0 Å². The number of rotatable bonds is 3. The number of carbonyl (C=O) groups is 1. The molecule has 98 valence electrons. The van der Waals surface area contributed by atoms with Gasteiger partial charge >= 0.3 is 0 Å². The Bertz CT molecular complexity index is 599. The summed E-state index contributed by atoms with van der Waals surface area (Å²) in [6.07, 6.45) is 1.58. The lowest BCUT2D eigenvalue weighted by Gasteiger charge is -2.07. The minimum Gasteiger partial charge on any atom is -0.387 e. The number of hydrogen-bond acceptors (Lipinski definition) is 3. The number of anilines is 2. The van der Waals surface area contributed by atoms with Crippen molar-refractivity contribution >= 4 is 40.5 Å². The summed E-state index contributed by atoms with van der Waals surface area (Å²) in [5.41, 5.74) is 1.59. The average Bonchev–Trinajstić information content (AvgIpc) is 2.43. The fourth-order valence-electron chi connectivity index (χ4n) is 1.46. The molecule has 2 N–H and O–H groups in total. The number of nitrogens with zero attached hydrogens (tertiary/aromatic N) is 1. The number of pyridine rings is 1. The molecule has 19 heavy (non-hydrogen) atoms. The molecule has 0 fully saturated rings. The van der Waals surface area contributed by atoms with Crippen molar-refractivity contribution in [1.29, 1.82) is 0 Å². The zero-order valence-corrected chi connectivity index (χ0v) is 11.6. The number of amides is 1. The molecule has 0 aliphatic heterocycles. The predicted octanol–water partition coefficient (Wildman–Crippen LogP) is 3.68. The van der Waals surface area contributed by atoms with Gasteiger partial charge in [0.15, 0.2) is 0 Å². The van der Waals surface area contributed by atoms with Gasteiger partial charge in [-0.05, 0) is 30.3 Å². The van der Waals surface area contributed by atoms with Crippen molar-refractivity contribution in [3.63, 3.8) is 0 Å². The van der Waals surface area contributed by atoms with Gasteiger partial charge in [0.1, 0.15) is 5.69 Å². The van der Waals surface area contributed by atoms with E-state index in [1.54, 1.807) is 43.6 Å². The Morgan fingerprint density at radius 1 is 1.21 bits per heavy atom. The maximum Gasteiger partial charge on any atom is 0.274 e. The van der Waals surface area contributed by atoms with Gasteiger partial charge in [-0.15, -0.1) is 0 Å². The summed E-state index contributed by atoms with van der Waals surface area (Å²) in [4.78, 5) is 16.0. The van der Waals surface area contributed by atoms with Crippen molar-refractivity contribution in [3.8, 4) is 0 Å². The molecular weight excluding hydrogens is 285 g/mol. The molecule has 0 aliphatic rings. The molecule has 0 saturated heterocycles. The van der Waals surface area contributed by atoms with Gasteiger partial charge in [-0.25, -0.2) is 4.98 Å². The third-order valence-corrected chi connectivity index (χ3v) is 3.03. The molecule has 1 amide bonds. The molecule has 1 heterocycles. The minimum absolute atomic E-state index is 0.301. The SMILES string of the molecule is CNc1ccc(C(=O)Nc2cc(Cl)ccc2Cl)nc1. The van der Waals surface area contributed by atoms with Crippen LogP contribution in [0.15, 0.2) is 36.5 Å². The summed E-state index contributed by atoms with van der Waals surface area (Å²) < 4.78 is 0. The maximum absolute atomic E-state index is 12.0. The number of carbonyl (C=O) groups excluding carboxylic acids is 1. The molecule has 2 rings (SSSR count). The molecule has 6 heteroatoms. The zero-order valence-electron chi connectivity index (χ0n) is 10.1. The van der Waals surface area contributed by atoms with E-state index in [-0.39, 0.29) is 5.91 Å². The van der Waals surface area contributed by atoms with E-state index >= 15 is 0 Å². The van der Waals surface area contributed by atoms with Gasteiger partial charge in [-0.1, -0.05) is 23.2 Å². The first-order chi connectivity index (χ1) is 9.10. The van der Waals surface area contributed by atoms with Crippen LogP contribution in [0.5, 0.6) is 0 Å². The molecule has 0 atom stereocenters. The smallest absolute Gasteiger partial charge is 0.274 e. The van der Waals surface area contributed by atoms with Crippen molar-refractivity contribution < 1.29 is 4.79 Å². The Morgan fingerprint density at radius 2 is 2.00 bits per heavy atom. The lowest BCUT2D eigenvalue weighted by Crippen LogP contribution is -2.13. The van der Waals surface area contributed by atoms with Crippen molar-refractivity contribution in [2.75, 3.05) is 17.7 Å². The topological polar surface area (TPSA) is 54.0 Å². The highest BCUT2D eigenvalue weighted by Gasteiger charge is 2.10. The van der Waals surface area contributed by atoms with E-state index in [4.69, 9.17) is 23.2 Å². The summed E-state index contributed by atoms with van der Waals surface area (Å²) in [6.45, 7) is 0. The molecule has 4 nitrogen and oxygen atoms in total. The fourth-order valence-corrected chi connectivity index (χ4v) is 1.79. The Labute approximate surface area is 120 Å². The Kier molecular flexibility index (Phi) is 4.24. The molecule has 1 aromatic carbocycles. The monoisotopic (exact) mass is 295 g/mol. The molecular formula is C13H11Cl2N3O. The third kappa shape index (κ3) is 3.36. The standard InChI is InChI=1S/C13H11Cl2N3O/c1-16-9-3-5-11(17-7-9)13(19)18-12-6-8(14)2-4-10(12)15/h2-7,16H,1H3,(H,18,19). The second kappa shape index (κ2) is 5.91. The highest BCUT2D eigenvalue weighted by Crippen LogP contribution is 2.25. The first-order valence-corrected chi connectivity index (χ1v) is 6.26. The van der Waals surface area contributed by atoms with Crippen LogP contribution in [0.4, 0.5) is 11.4 Å². The van der Waals surface area contributed by atoms with Gasteiger partial charge in [0.05, 0.1) is 22.6 Å². The first kappa shape index (κ1) is 13.6. The Hall–Kier alpha value is -1.78. The zero-order chi connectivity index (χ0) is 13.8. The van der Waals surface area contributed by atoms with Gasteiger partial charge in [0, 0.05) is 12.1 Å². The molecule has 0 radical (unpaired) electrons. The van der Waals surface area contributed by atoms with E-state index < -0.39 is 0 Å². The van der Waals surface area contributed by atoms with Crippen LogP contribution in [-0.4, -0.2) is 17.9 Å². The summed E-state index contributed by atoms with van der Waals surface area (Å²) in [6, 6.07) is 8.25. The normalized spacial score (nSPS) is 10.1. The van der Waals surface area contributed by atoms with Gasteiger partial charge in [-0.3, -0.25) is 4.79 Å². The lowest BCUT2D eigenvalue weighted by atomic mass is 10.3. The van der Waals surface area contributed by atoms with Crippen LogP contribution in [0.2, 0.25) is 10.0 Å². The lowest BCUT2D eigenvalue weighted by molar-refractivity contribution is 0.102. The molecule has 0 unspecified atom stereocenters. The largest absolute Gasteiger partial charge is 0.387 e. The third-order valence-electron chi connectivity index (χ3n) is 2.46. The van der Waals surface area contributed by atoms with Crippen molar-refractivity contribution in [2.45, 2.75) is 0 Å². The van der Waals surface area contributed by atoms with Gasteiger partial charge < -0.3 is 10.6 Å². The van der Waals surface area contributed by atoms with E-state index in [2.05, 4.69) is 15.6 Å². The van der Waals surface area contributed by atoms with E-state index in [9.17, 15) is 4.79 Å². The summed E-state index contributed by atoms with van der Waals surface area (Å²) >= 11 is 11.8. The Balaban J connectivity index is 2.18. The van der Waals surface area contributed by atoms with Crippen molar-refractivity contribution in [3.05, 3.63) is 52.3 Å². The number of nitrogens with one attached hydrogen (secondary N) is 2. The second-order valence-electron chi connectivity index (χ2n) is 3.76. The number of hydrogen-bond donors (Lipinski definition) is 2. The van der Waals surface area contributed by atoms with Crippen LogP contribution in [0.3, 0.4) is 0 Å². The molecule has 0 aliphatic carbocycles. The van der Waals surface area contributed by atoms with Crippen LogP contribution in [0.25, 0.3) is 0 Å². The van der Waals surface area contributed by atoms with Crippen LogP contribution >= 0.6 is 23.2 Å². The molecule has 1 aromatic heterocycles. The van der Waals surface area contributed by atoms with E-state index in [0.717, 1.165) is 5.69 Å². The Morgan fingerprint density at radius 3 is 2.63 bits per heavy atom. The van der Waals surface area contributed by atoms with Crippen LogP contribution in [0, 0.1) is 0 Å². The van der Waals surface area contributed by atoms with Crippen molar-refractivity contribution in [2.24, 2.45) is 0 Å². The van der Waals surface area contributed by atoms with E-state index in [1.165, 1.54) is 0 Å². The predicted molar refractivity (Wildman–Crippen MR) is 78.2 cm³/mol. The first-order valence-electron chi connectivity index (χ1n) is 5.50. The molecule has 0 spiro atoms. The van der Waals surface area contributed by atoms with E-state index in [1.807, 2.05) is 0 Å². The molecule has 0 bridgehead atoms.